The van der Waals surface area contributed by atoms with Gasteiger partial charge in [-0.25, -0.2) is 4.79 Å². The summed E-state index contributed by atoms with van der Waals surface area (Å²) in [6.07, 6.45) is 37.1. The molecule has 3 N–H and O–H groups in total. The Labute approximate surface area is 406 Å². The van der Waals surface area contributed by atoms with Crippen LogP contribution in [-0.4, -0.2) is 89.2 Å². The van der Waals surface area contributed by atoms with E-state index in [4.69, 9.17) is 23.7 Å². The van der Waals surface area contributed by atoms with Gasteiger partial charge in [0.25, 0.3) is 0 Å². The summed E-state index contributed by atoms with van der Waals surface area (Å²) in [4.78, 5) is 50.8. The second-order valence-corrected chi connectivity index (χ2v) is 18.5. The van der Waals surface area contributed by atoms with E-state index < -0.39 is 67.3 Å². The van der Waals surface area contributed by atoms with Crippen molar-refractivity contribution >= 4 is 23.9 Å². The molecular formula is C55H96O12. The summed E-state index contributed by atoms with van der Waals surface area (Å²) in [6, 6.07) is 0. The van der Waals surface area contributed by atoms with Crippen LogP contribution in [0.1, 0.15) is 239 Å². The molecule has 1 aliphatic heterocycles. The van der Waals surface area contributed by atoms with Crippen LogP contribution in [0.2, 0.25) is 0 Å². The van der Waals surface area contributed by atoms with Crippen molar-refractivity contribution in [2.45, 2.75) is 276 Å². The van der Waals surface area contributed by atoms with Crippen LogP contribution in [0.25, 0.3) is 0 Å². The van der Waals surface area contributed by atoms with E-state index in [9.17, 15) is 34.5 Å². The average Bonchev–Trinajstić information content (AvgIpc) is 3.31. The van der Waals surface area contributed by atoms with Gasteiger partial charge >= 0.3 is 23.9 Å². The molecule has 1 heterocycles. The second-order valence-electron chi connectivity index (χ2n) is 18.5. The first-order chi connectivity index (χ1) is 32.6. The van der Waals surface area contributed by atoms with E-state index in [1.807, 2.05) is 0 Å². The van der Waals surface area contributed by atoms with Crippen molar-refractivity contribution in [3.63, 3.8) is 0 Å². The topological polar surface area (TPSA) is 175 Å². The number of carboxylic acids is 1. The molecule has 6 atom stereocenters. The zero-order valence-electron chi connectivity index (χ0n) is 42.4. The highest BCUT2D eigenvalue weighted by molar-refractivity contribution is 5.74. The first kappa shape index (κ1) is 62.0. The minimum Gasteiger partial charge on any atom is -0.479 e. The van der Waals surface area contributed by atoms with E-state index in [1.165, 1.54) is 103 Å². The summed E-state index contributed by atoms with van der Waals surface area (Å²) in [7, 11) is 0. The van der Waals surface area contributed by atoms with Crippen molar-refractivity contribution in [3.8, 4) is 0 Å². The van der Waals surface area contributed by atoms with Crippen LogP contribution in [0, 0.1) is 0 Å². The van der Waals surface area contributed by atoms with Gasteiger partial charge in [-0.3, -0.25) is 14.4 Å². The number of aliphatic hydroxyl groups is 2. The number of carbonyl (C=O) groups excluding carboxylic acids is 3. The number of hydrogen-bond donors (Lipinski definition) is 3. The summed E-state index contributed by atoms with van der Waals surface area (Å²) in [5, 5.41) is 31.3. The highest BCUT2D eigenvalue weighted by Gasteiger charge is 2.50. The summed E-state index contributed by atoms with van der Waals surface area (Å²) in [5.74, 6) is -3.14. The SMILES string of the molecule is CC/C=C\C/C=C\C/C=C\CCCCCC(=O)OC1C(OCC(COC(=O)CCCCCCCCCCCCCCC)OC(=O)CCCCCCCCCCCCC)OC(C(=O)O)C(O)C1O. The lowest BCUT2D eigenvalue weighted by molar-refractivity contribution is -0.301. The normalized spacial score (nSPS) is 19.1. The number of carboxylic acid groups (broad SMARTS) is 1. The minimum absolute atomic E-state index is 0.0284. The Hall–Kier alpha value is -3.06. The number of carbonyl (C=O) groups is 4. The van der Waals surface area contributed by atoms with E-state index in [0.29, 0.717) is 19.3 Å². The van der Waals surface area contributed by atoms with Gasteiger partial charge in [-0.15, -0.1) is 0 Å². The van der Waals surface area contributed by atoms with Gasteiger partial charge < -0.3 is 39.0 Å². The van der Waals surface area contributed by atoms with Gasteiger partial charge in [0.15, 0.2) is 24.6 Å². The third kappa shape index (κ3) is 34.8. The Balaban J connectivity index is 2.73. The maximum Gasteiger partial charge on any atom is 0.335 e. The van der Waals surface area contributed by atoms with Crippen molar-refractivity contribution in [2.75, 3.05) is 13.2 Å². The number of ether oxygens (including phenoxy) is 5. The largest absolute Gasteiger partial charge is 0.479 e. The number of aliphatic carboxylic acids is 1. The van der Waals surface area contributed by atoms with Gasteiger partial charge in [-0.1, -0.05) is 205 Å². The van der Waals surface area contributed by atoms with Crippen molar-refractivity contribution in [3.05, 3.63) is 36.5 Å². The van der Waals surface area contributed by atoms with Gasteiger partial charge in [0, 0.05) is 19.3 Å². The van der Waals surface area contributed by atoms with Gasteiger partial charge in [0.2, 0.25) is 0 Å². The van der Waals surface area contributed by atoms with Crippen LogP contribution >= 0.6 is 0 Å². The van der Waals surface area contributed by atoms with Crippen molar-refractivity contribution in [1.29, 1.82) is 0 Å². The third-order valence-electron chi connectivity index (χ3n) is 12.2. The predicted octanol–water partition coefficient (Wildman–Crippen LogP) is 12.9. The fourth-order valence-corrected chi connectivity index (χ4v) is 8.09. The Morgan fingerprint density at radius 3 is 1.43 bits per heavy atom. The first-order valence-electron chi connectivity index (χ1n) is 27.0. The molecule has 0 amide bonds. The van der Waals surface area contributed by atoms with E-state index in [1.54, 1.807) is 0 Å². The highest BCUT2D eigenvalue weighted by atomic mass is 16.7. The average molecular weight is 949 g/mol. The Bertz CT molecular complexity index is 1310. The van der Waals surface area contributed by atoms with E-state index in [-0.39, 0.29) is 25.9 Å². The van der Waals surface area contributed by atoms with E-state index in [2.05, 4.69) is 57.2 Å². The molecule has 1 fully saturated rings. The lowest BCUT2D eigenvalue weighted by Gasteiger charge is -2.40. The molecule has 0 bridgehead atoms. The minimum atomic E-state index is -1.91. The maximum atomic E-state index is 13.1. The molecule has 12 heteroatoms. The molecule has 6 unspecified atom stereocenters. The Morgan fingerprint density at radius 2 is 0.940 bits per heavy atom. The third-order valence-corrected chi connectivity index (χ3v) is 12.2. The Morgan fingerprint density at radius 1 is 0.507 bits per heavy atom. The quantitative estimate of drug-likeness (QED) is 0.0228. The summed E-state index contributed by atoms with van der Waals surface area (Å²) in [5.41, 5.74) is 0. The smallest absolute Gasteiger partial charge is 0.335 e. The molecule has 1 saturated heterocycles. The van der Waals surface area contributed by atoms with Gasteiger partial charge in [-0.2, -0.15) is 0 Å². The lowest BCUT2D eigenvalue weighted by atomic mass is 9.98. The van der Waals surface area contributed by atoms with Crippen LogP contribution in [-0.2, 0) is 42.9 Å². The summed E-state index contributed by atoms with van der Waals surface area (Å²) >= 11 is 0. The number of esters is 3. The standard InChI is InChI=1S/C55H96O12/c1-4-7-10-13-16-19-22-24-27-29-32-35-38-41-47(56)63-44-46(65-48(57)42-39-36-33-30-26-21-18-15-12-9-6-3)45-64-55-53(51(60)50(59)52(67-55)54(61)62)66-49(58)43-40-37-34-31-28-25-23-20-17-14-11-8-5-2/h8,11,17,20,25,28,46,50-53,55,59-60H,4-7,9-10,12-16,18-19,21-24,26-27,29-45H2,1-3H3,(H,61,62)/b11-8-,20-17-,28-25-. The van der Waals surface area contributed by atoms with Crippen LogP contribution in [0.4, 0.5) is 0 Å². The number of rotatable bonds is 45. The number of unbranched alkanes of at least 4 members (excludes halogenated alkanes) is 25. The van der Waals surface area contributed by atoms with E-state index >= 15 is 0 Å². The molecule has 1 aliphatic rings. The molecular weight excluding hydrogens is 853 g/mol. The van der Waals surface area contributed by atoms with Gasteiger partial charge in [-0.05, 0) is 51.4 Å². The lowest BCUT2D eigenvalue weighted by Crippen LogP contribution is -2.61. The number of allylic oxidation sites excluding steroid dienone is 6. The van der Waals surface area contributed by atoms with Crippen molar-refractivity contribution < 1.29 is 58.2 Å². The maximum absolute atomic E-state index is 13.1. The fourth-order valence-electron chi connectivity index (χ4n) is 8.09. The summed E-state index contributed by atoms with van der Waals surface area (Å²) < 4.78 is 28.3. The molecule has 1 rings (SSSR count). The Kier molecular flexibility index (Phi) is 40.8. The zero-order chi connectivity index (χ0) is 49.0. The number of hydrogen-bond acceptors (Lipinski definition) is 11. The highest BCUT2D eigenvalue weighted by Crippen LogP contribution is 2.26. The molecule has 0 saturated carbocycles. The molecule has 12 nitrogen and oxygen atoms in total. The molecule has 67 heavy (non-hydrogen) atoms. The zero-order valence-corrected chi connectivity index (χ0v) is 42.4. The van der Waals surface area contributed by atoms with Gasteiger partial charge in [0.05, 0.1) is 6.61 Å². The molecule has 0 aromatic carbocycles. The molecule has 0 aromatic heterocycles. The van der Waals surface area contributed by atoms with Crippen molar-refractivity contribution in [2.24, 2.45) is 0 Å². The predicted molar refractivity (Wildman–Crippen MR) is 266 cm³/mol. The van der Waals surface area contributed by atoms with Crippen LogP contribution in [0.15, 0.2) is 36.5 Å². The monoisotopic (exact) mass is 949 g/mol. The molecule has 0 spiro atoms. The number of aliphatic hydroxyl groups excluding tert-OH is 2. The first-order valence-corrected chi connectivity index (χ1v) is 27.0. The fraction of sp³-hybridized carbons (Fsp3) is 0.818. The van der Waals surface area contributed by atoms with Crippen LogP contribution in [0.3, 0.4) is 0 Å². The molecule has 0 aromatic rings. The van der Waals surface area contributed by atoms with Crippen LogP contribution < -0.4 is 0 Å². The summed E-state index contributed by atoms with van der Waals surface area (Å²) in [6.45, 7) is 5.84. The molecule has 388 valence electrons. The van der Waals surface area contributed by atoms with Crippen LogP contribution in [0.5, 0.6) is 0 Å². The van der Waals surface area contributed by atoms with Gasteiger partial charge in [0.1, 0.15) is 18.8 Å². The molecule has 0 radical (unpaired) electrons. The molecule has 0 aliphatic carbocycles. The van der Waals surface area contributed by atoms with Crippen molar-refractivity contribution in [1.82, 2.24) is 0 Å². The van der Waals surface area contributed by atoms with E-state index in [0.717, 1.165) is 77.0 Å². The second kappa shape index (κ2) is 44.2.